The van der Waals surface area contributed by atoms with Crippen LogP contribution in [-0.4, -0.2) is 45.7 Å². The van der Waals surface area contributed by atoms with Crippen LogP contribution >= 0.6 is 0 Å². The molecule has 1 amide bonds. The maximum atomic E-state index is 11.6. The first kappa shape index (κ1) is 11.0. The SMILES string of the molecule is CC(NC(=O)c1nn[nH]n1)C1CCCNC1. The molecule has 2 unspecified atom stereocenters. The Hall–Kier alpha value is -1.50. The lowest BCUT2D eigenvalue weighted by molar-refractivity contribution is 0.0911. The van der Waals surface area contributed by atoms with E-state index in [4.69, 9.17) is 0 Å². The minimum absolute atomic E-state index is 0.0932. The fourth-order valence-electron chi connectivity index (χ4n) is 1.95. The lowest BCUT2D eigenvalue weighted by Crippen LogP contribution is -2.44. The van der Waals surface area contributed by atoms with Crippen molar-refractivity contribution >= 4 is 5.91 Å². The smallest absolute Gasteiger partial charge is 0.293 e. The highest BCUT2D eigenvalue weighted by molar-refractivity contribution is 5.90. The number of amides is 1. The van der Waals surface area contributed by atoms with Gasteiger partial charge in [0.25, 0.3) is 11.7 Å². The van der Waals surface area contributed by atoms with Crippen molar-refractivity contribution in [1.29, 1.82) is 0 Å². The van der Waals surface area contributed by atoms with Crippen molar-refractivity contribution in [2.45, 2.75) is 25.8 Å². The third-order valence-electron chi connectivity index (χ3n) is 2.95. The molecular weight excluding hydrogens is 208 g/mol. The molecule has 7 nitrogen and oxygen atoms in total. The van der Waals surface area contributed by atoms with E-state index in [9.17, 15) is 4.79 Å². The number of aromatic amines is 1. The fourth-order valence-corrected chi connectivity index (χ4v) is 1.95. The molecule has 0 saturated carbocycles. The third-order valence-corrected chi connectivity index (χ3v) is 2.95. The molecule has 3 N–H and O–H groups in total. The number of hydrogen-bond acceptors (Lipinski definition) is 5. The van der Waals surface area contributed by atoms with E-state index >= 15 is 0 Å². The molecule has 0 spiro atoms. The van der Waals surface area contributed by atoms with Gasteiger partial charge in [0.2, 0.25) is 0 Å². The molecule has 0 radical (unpaired) electrons. The van der Waals surface area contributed by atoms with Crippen LogP contribution < -0.4 is 10.6 Å². The van der Waals surface area contributed by atoms with Gasteiger partial charge in [0.1, 0.15) is 0 Å². The van der Waals surface area contributed by atoms with Crippen LogP contribution in [-0.2, 0) is 0 Å². The second-order valence-electron chi connectivity index (χ2n) is 4.10. The molecule has 7 heteroatoms. The number of nitrogens with one attached hydrogen (secondary N) is 3. The summed E-state index contributed by atoms with van der Waals surface area (Å²) in [5.74, 6) is 0.298. The summed E-state index contributed by atoms with van der Waals surface area (Å²) in [6.07, 6.45) is 2.30. The van der Waals surface area contributed by atoms with Crippen LogP contribution in [0.1, 0.15) is 30.4 Å². The van der Waals surface area contributed by atoms with Crippen molar-refractivity contribution in [3.8, 4) is 0 Å². The molecule has 2 atom stereocenters. The molecule has 2 rings (SSSR count). The standard InChI is InChI=1S/C9H16N6O/c1-6(7-3-2-4-10-5-7)11-9(16)8-12-14-15-13-8/h6-7,10H,2-5H2,1H3,(H,11,16)(H,12,13,14,15). The minimum atomic E-state index is -0.271. The molecule has 88 valence electrons. The first-order valence-corrected chi connectivity index (χ1v) is 5.52. The summed E-state index contributed by atoms with van der Waals surface area (Å²) in [6, 6.07) is 0.124. The second kappa shape index (κ2) is 5.02. The number of piperidine rings is 1. The lowest BCUT2D eigenvalue weighted by atomic mass is 9.93. The molecule has 1 aromatic rings. The van der Waals surface area contributed by atoms with Crippen molar-refractivity contribution in [3.05, 3.63) is 5.82 Å². The number of aromatic nitrogens is 4. The number of rotatable bonds is 3. The summed E-state index contributed by atoms with van der Waals surface area (Å²) in [5, 5.41) is 19.1. The first-order valence-electron chi connectivity index (χ1n) is 5.52. The molecule has 1 aromatic heterocycles. The van der Waals surface area contributed by atoms with Crippen molar-refractivity contribution in [1.82, 2.24) is 31.3 Å². The topological polar surface area (TPSA) is 95.6 Å². The second-order valence-corrected chi connectivity index (χ2v) is 4.10. The van der Waals surface area contributed by atoms with Gasteiger partial charge in [-0.15, -0.1) is 10.2 Å². The van der Waals surface area contributed by atoms with Crippen molar-refractivity contribution < 1.29 is 4.79 Å². The van der Waals surface area contributed by atoms with Crippen LogP contribution in [0.4, 0.5) is 0 Å². The van der Waals surface area contributed by atoms with Crippen LogP contribution in [0.3, 0.4) is 0 Å². The molecular formula is C9H16N6O. The van der Waals surface area contributed by atoms with Crippen molar-refractivity contribution in [3.63, 3.8) is 0 Å². The highest BCUT2D eigenvalue weighted by Crippen LogP contribution is 2.14. The van der Waals surface area contributed by atoms with Crippen LogP contribution in [0.2, 0.25) is 0 Å². The monoisotopic (exact) mass is 224 g/mol. The Morgan fingerprint density at radius 1 is 1.62 bits per heavy atom. The summed E-state index contributed by atoms with van der Waals surface area (Å²) in [4.78, 5) is 11.6. The average molecular weight is 224 g/mol. The van der Waals surface area contributed by atoms with E-state index in [1.54, 1.807) is 0 Å². The Kier molecular flexibility index (Phi) is 3.45. The zero-order chi connectivity index (χ0) is 11.4. The van der Waals surface area contributed by atoms with Crippen LogP contribution in [0, 0.1) is 5.92 Å². The summed E-state index contributed by atoms with van der Waals surface area (Å²) >= 11 is 0. The number of nitrogens with zero attached hydrogens (tertiary/aromatic N) is 3. The number of hydrogen-bond donors (Lipinski definition) is 3. The molecule has 16 heavy (non-hydrogen) atoms. The van der Waals surface area contributed by atoms with Crippen LogP contribution in [0.5, 0.6) is 0 Å². The van der Waals surface area contributed by atoms with Gasteiger partial charge in [-0.2, -0.15) is 5.21 Å². The summed E-state index contributed by atoms with van der Waals surface area (Å²) in [6.45, 7) is 4.03. The molecule has 1 fully saturated rings. The maximum absolute atomic E-state index is 11.6. The molecule has 1 aliphatic heterocycles. The molecule has 0 aromatic carbocycles. The Bertz CT molecular complexity index is 332. The number of carbonyl (C=O) groups is 1. The van der Waals surface area contributed by atoms with Gasteiger partial charge in [-0.1, -0.05) is 0 Å². The van der Waals surface area contributed by atoms with Crippen LogP contribution in [0.25, 0.3) is 0 Å². The van der Waals surface area contributed by atoms with E-state index in [0.29, 0.717) is 5.92 Å². The van der Waals surface area contributed by atoms with Gasteiger partial charge in [0, 0.05) is 6.04 Å². The zero-order valence-corrected chi connectivity index (χ0v) is 9.23. The van der Waals surface area contributed by atoms with E-state index in [1.165, 1.54) is 0 Å². The maximum Gasteiger partial charge on any atom is 0.293 e. The predicted molar refractivity (Wildman–Crippen MR) is 56.7 cm³/mol. The third kappa shape index (κ3) is 2.54. The van der Waals surface area contributed by atoms with E-state index < -0.39 is 0 Å². The molecule has 0 bridgehead atoms. The first-order chi connectivity index (χ1) is 7.77. The molecule has 0 aliphatic carbocycles. The lowest BCUT2D eigenvalue weighted by Gasteiger charge is -2.28. The predicted octanol–water partition coefficient (Wildman–Crippen LogP) is -0.682. The van der Waals surface area contributed by atoms with Crippen molar-refractivity contribution in [2.24, 2.45) is 5.92 Å². The Balaban J connectivity index is 1.86. The summed E-state index contributed by atoms with van der Waals surface area (Å²) in [5.41, 5.74) is 0. The Morgan fingerprint density at radius 3 is 3.12 bits per heavy atom. The van der Waals surface area contributed by atoms with Crippen molar-refractivity contribution in [2.75, 3.05) is 13.1 Å². The fraction of sp³-hybridized carbons (Fsp3) is 0.778. The van der Waals surface area contributed by atoms with E-state index in [0.717, 1.165) is 25.9 Å². The van der Waals surface area contributed by atoms with Gasteiger partial charge in [-0.3, -0.25) is 4.79 Å². The zero-order valence-electron chi connectivity index (χ0n) is 9.23. The Labute approximate surface area is 93.4 Å². The van der Waals surface area contributed by atoms with Gasteiger partial charge in [0.15, 0.2) is 0 Å². The van der Waals surface area contributed by atoms with E-state index in [-0.39, 0.29) is 17.8 Å². The Morgan fingerprint density at radius 2 is 2.50 bits per heavy atom. The number of H-pyrrole nitrogens is 1. The molecule has 1 aliphatic rings. The summed E-state index contributed by atoms with van der Waals surface area (Å²) in [7, 11) is 0. The van der Waals surface area contributed by atoms with Crippen LogP contribution in [0.15, 0.2) is 0 Å². The quantitative estimate of drug-likeness (QED) is 0.632. The minimum Gasteiger partial charge on any atom is -0.346 e. The number of carbonyl (C=O) groups excluding carboxylic acids is 1. The van der Waals surface area contributed by atoms with Gasteiger partial charge in [-0.25, -0.2) is 0 Å². The van der Waals surface area contributed by atoms with Gasteiger partial charge in [-0.05, 0) is 44.0 Å². The normalized spacial score (nSPS) is 22.7. The van der Waals surface area contributed by atoms with E-state index in [1.807, 2.05) is 6.92 Å². The van der Waals surface area contributed by atoms with Gasteiger partial charge >= 0.3 is 0 Å². The molecule has 2 heterocycles. The summed E-state index contributed by atoms with van der Waals surface area (Å²) < 4.78 is 0. The number of tetrazole rings is 1. The average Bonchev–Trinajstić information content (AvgIpc) is 2.83. The molecule has 1 saturated heterocycles. The largest absolute Gasteiger partial charge is 0.346 e. The van der Waals surface area contributed by atoms with Gasteiger partial charge < -0.3 is 10.6 Å². The van der Waals surface area contributed by atoms with Gasteiger partial charge in [0.05, 0.1) is 0 Å². The highest BCUT2D eigenvalue weighted by atomic mass is 16.2. The highest BCUT2D eigenvalue weighted by Gasteiger charge is 2.22. The van der Waals surface area contributed by atoms with E-state index in [2.05, 4.69) is 31.3 Å².